The summed E-state index contributed by atoms with van der Waals surface area (Å²) < 4.78 is 10.8. The maximum Gasteiger partial charge on any atom is 0.228 e. The van der Waals surface area contributed by atoms with Gasteiger partial charge in [0.15, 0.2) is 5.82 Å². The molecule has 1 atom stereocenters. The Kier molecular flexibility index (Phi) is 3.35. The molecule has 1 aliphatic carbocycles. The van der Waals surface area contributed by atoms with Gasteiger partial charge in [-0.1, -0.05) is 18.0 Å². The lowest BCUT2D eigenvalue weighted by atomic mass is 9.95. The molecule has 0 aromatic carbocycles. The van der Waals surface area contributed by atoms with Gasteiger partial charge in [-0.05, 0) is 25.7 Å². The van der Waals surface area contributed by atoms with Gasteiger partial charge in [0.1, 0.15) is 0 Å². The van der Waals surface area contributed by atoms with Gasteiger partial charge < -0.3 is 15.0 Å². The van der Waals surface area contributed by atoms with Gasteiger partial charge in [-0.2, -0.15) is 4.98 Å². The highest BCUT2D eigenvalue weighted by atomic mass is 16.5. The van der Waals surface area contributed by atoms with Crippen molar-refractivity contribution in [3.63, 3.8) is 0 Å². The first-order chi connectivity index (χ1) is 8.75. The fraction of sp³-hybridized carbons (Fsp3) is 0.846. The minimum Gasteiger partial charge on any atom is -0.381 e. The molecule has 1 aromatic heterocycles. The molecular formula is C13H21N3O2. The second-order valence-electron chi connectivity index (χ2n) is 5.71. The monoisotopic (exact) mass is 251 g/mol. The van der Waals surface area contributed by atoms with E-state index in [1.165, 1.54) is 12.8 Å². The number of hydrogen-bond acceptors (Lipinski definition) is 5. The number of ether oxygens (including phenoxy) is 1. The second-order valence-corrected chi connectivity index (χ2v) is 5.71. The summed E-state index contributed by atoms with van der Waals surface area (Å²) >= 11 is 0. The topological polar surface area (TPSA) is 74.2 Å². The SMILES string of the molecule is NC1(Cc2nc(C3CCCOC3)no2)CCCC1. The molecule has 1 saturated carbocycles. The first-order valence-electron chi connectivity index (χ1n) is 6.94. The Morgan fingerprint density at radius 3 is 2.83 bits per heavy atom. The first-order valence-corrected chi connectivity index (χ1v) is 6.94. The molecule has 0 amide bonds. The highest BCUT2D eigenvalue weighted by molar-refractivity contribution is 5.01. The fourth-order valence-corrected chi connectivity index (χ4v) is 3.01. The maximum atomic E-state index is 6.33. The van der Waals surface area contributed by atoms with Crippen LogP contribution >= 0.6 is 0 Å². The third-order valence-electron chi connectivity index (χ3n) is 4.11. The van der Waals surface area contributed by atoms with Crippen molar-refractivity contribution in [3.05, 3.63) is 11.7 Å². The predicted octanol–water partition coefficient (Wildman–Crippen LogP) is 1.78. The smallest absolute Gasteiger partial charge is 0.228 e. The molecule has 1 aliphatic heterocycles. The van der Waals surface area contributed by atoms with E-state index in [1.807, 2.05) is 0 Å². The van der Waals surface area contributed by atoms with E-state index in [1.54, 1.807) is 0 Å². The number of nitrogens with two attached hydrogens (primary N) is 1. The van der Waals surface area contributed by atoms with Crippen LogP contribution in [0.1, 0.15) is 56.2 Å². The summed E-state index contributed by atoms with van der Waals surface area (Å²) in [6, 6.07) is 0. The van der Waals surface area contributed by atoms with Crippen LogP contribution in [0.2, 0.25) is 0 Å². The van der Waals surface area contributed by atoms with Gasteiger partial charge >= 0.3 is 0 Å². The van der Waals surface area contributed by atoms with Crippen LogP contribution in [0.15, 0.2) is 4.52 Å². The Labute approximate surface area is 107 Å². The molecular weight excluding hydrogens is 230 g/mol. The Morgan fingerprint density at radius 1 is 1.28 bits per heavy atom. The normalized spacial score (nSPS) is 27.5. The van der Waals surface area contributed by atoms with E-state index in [4.69, 9.17) is 15.0 Å². The summed E-state index contributed by atoms with van der Waals surface area (Å²) in [5.41, 5.74) is 6.21. The van der Waals surface area contributed by atoms with E-state index in [-0.39, 0.29) is 5.54 Å². The third-order valence-corrected chi connectivity index (χ3v) is 4.11. The van der Waals surface area contributed by atoms with Crippen molar-refractivity contribution in [2.75, 3.05) is 13.2 Å². The summed E-state index contributed by atoms with van der Waals surface area (Å²) in [6.45, 7) is 1.57. The molecule has 3 rings (SSSR count). The summed E-state index contributed by atoms with van der Waals surface area (Å²) in [4.78, 5) is 4.50. The zero-order chi connectivity index (χ0) is 12.4. The molecule has 2 fully saturated rings. The second kappa shape index (κ2) is 4.97. The van der Waals surface area contributed by atoms with Crippen molar-refractivity contribution in [2.24, 2.45) is 5.73 Å². The molecule has 0 spiro atoms. The van der Waals surface area contributed by atoms with E-state index in [0.717, 1.165) is 38.1 Å². The highest BCUT2D eigenvalue weighted by Gasteiger charge is 2.32. The lowest BCUT2D eigenvalue weighted by molar-refractivity contribution is 0.0773. The Balaban J connectivity index is 1.65. The van der Waals surface area contributed by atoms with E-state index >= 15 is 0 Å². The number of nitrogens with zero attached hydrogens (tertiary/aromatic N) is 2. The van der Waals surface area contributed by atoms with Crippen LogP contribution in [0.4, 0.5) is 0 Å². The molecule has 2 aliphatic rings. The molecule has 18 heavy (non-hydrogen) atoms. The average Bonchev–Trinajstić information content (AvgIpc) is 3.00. The Morgan fingerprint density at radius 2 is 2.11 bits per heavy atom. The lowest BCUT2D eigenvalue weighted by Gasteiger charge is -2.20. The van der Waals surface area contributed by atoms with Gasteiger partial charge in [0.05, 0.1) is 6.61 Å². The molecule has 2 N–H and O–H groups in total. The quantitative estimate of drug-likeness (QED) is 0.886. The third kappa shape index (κ3) is 2.57. The minimum absolute atomic E-state index is 0.118. The predicted molar refractivity (Wildman–Crippen MR) is 66.2 cm³/mol. The molecule has 1 saturated heterocycles. The van der Waals surface area contributed by atoms with Crippen molar-refractivity contribution in [1.29, 1.82) is 0 Å². The van der Waals surface area contributed by atoms with Crippen LogP contribution in [0, 0.1) is 0 Å². The maximum absolute atomic E-state index is 6.33. The van der Waals surface area contributed by atoms with Gasteiger partial charge in [0.2, 0.25) is 5.89 Å². The van der Waals surface area contributed by atoms with Gasteiger partial charge in [-0.15, -0.1) is 0 Å². The van der Waals surface area contributed by atoms with Crippen LogP contribution in [-0.2, 0) is 11.2 Å². The van der Waals surface area contributed by atoms with Crippen LogP contribution < -0.4 is 5.73 Å². The van der Waals surface area contributed by atoms with Gasteiger partial charge in [-0.3, -0.25) is 0 Å². The summed E-state index contributed by atoms with van der Waals surface area (Å²) in [6.07, 6.45) is 7.45. The first kappa shape index (κ1) is 12.1. The standard InChI is InChI=1S/C13H21N3O2/c14-13(5-1-2-6-13)8-11-15-12(16-18-11)10-4-3-7-17-9-10/h10H,1-9,14H2. The van der Waals surface area contributed by atoms with Crippen LogP contribution in [0.3, 0.4) is 0 Å². The van der Waals surface area contributed by atoms with Crippen LogP contribution in [0.25, 0.3) is 0 Å². The molecule has 100 valence electrons. The van der Waals surface area contributed by atoms with Gasteiger partial charge in [-0.25, -0.2) is 0 Å². The van der Waals surface area contributed by atoms with Crippen molar-refractivity contribution >= 4 is 0 Å². The number of rotatable bonds is 3. The zero-order valence-electron chi connectivity index (χ0n) is 10.7. The Hall–Kier alpha value is -0.940. The molecule has 5 heteroatoms. The van der Waals surface area contributed by atoms with E-state index < -0.39 is 0 Å². The number of hydrogen-bond donors (Lipinski definition) is 1. The Bertz CT molecular complexity index is 393. The lowest BCUT2D eigenvalue weighted by Crippen LogP contribution is -2.38. The highest BCUT2D eigenvalue weighted by Crippen LogP contribution is 2.30. The van der Waals surface area contributed by atoms with Gasteiger partial charge in [0.25, 0.3) is 0 Å². The summed E-state index contributed by atoms with van der Waals surface area (Å²) in [5.74, 6) is 1.79. The largest absolute Gasteiger partial charge is 0.381 e. The van der Waals surface area contributed by atoms with Crippen LogP contribution in [-0.4, -0.2) is 28.9 Å². The van der Waals surface area contributed by atoms with Crippen molar-refractivity contribution < 1.29 is 9.26 Å². The summed E-state index contributed by atoms with van der Waals surface area (Å²) in [5, 5.41) is 4.09. The van der Waals surface area contributed by atoms with E-state index in [2.05, 4.69) is 10.1 Å². The molecule has 2 heterocycles. The van der Waals surface area contributed by atoms with E-state index in [9.17, 15) is 0 Å². The molecule has 0 radical (unpaired) electrons. The van der Waals surface area contributed by atoms with Crippen molar-refractivity contribution in [3.8, 4) is 0 Å². The minimum atomic E-state index is -0.118. The molecule has 0 bridgehead atoms. The van der Waals surface area contributed by atoms with Crippen molar-refractivity contribution in [1.82, 2.24) is 10.1 Å². The van der Waals surface area contributed by atoms with Crippen LogP contribution in [0.5, 0.6) is 0 Å². The zero-order valence-corrected chi connectivity index (χ0v) is 10.7. The molecule has 5 nitrogen and oxygen atoms in total. The number of aromatic nitrogens is 2. The van der Waals surface area contributed by atoms with Crippen molar-refractivity contribution in [2.45, 2.75) is 56.4 Å². The van der Waals surface area contributed by atoms with Gasteiger partial charge in [0, 0.05) is 24.5 Å². The molecule has 1 unspecified atom stereocenters. The summed E-state index contributed by atoms with van der Waals surface area (Å²) in [7, 11) is 0. The molecule has 1 aromatic rings. The average molecular weight is 251 g/mol. The fourth-order valence-electron chi connectivity index (χ4n) is 3.01. The van der Waals surface area contributed by atoms with E-state index in [0.29, 0.717) is 24.8 Å².